The van der Waals surface area contributed by atoms with E-state index >= 15 is 0 Å². The lowest BCUT2D eigenvalue weighted by atomic mass is 10.1. The van der Waals surface area contributed by atoms with E-state index in [9.17, 15) is 18.0 Å². The highest BCUT2D eigenvalue weighted by atomic mass is 35.5. The summed E-state index contributed by atoms with van der Waals surface area (Å²) in [5.41, 5.74) is 5.81. The summed E-state index contributed by atoms with van der Waals surface area (Å²) in [6.07, 6.45) is 0. The van der Waals surface area contributed by atoms with Crippen LogP contribution in [0.1, 0.15) is 16.1 Å². The molecule has 0 spiro atoms. The Labute approximate surface area is 157 Å². The Morgan fingerprint density at radius 3 is 2.30 bits per heavy atom. The minimum absolute atomic E-state index is 0.127. The normalized spacial score (nSPS) is 10.7. The van der Waals surface area contributed by atoms with Gasteiger partial charge in [-0.05, 0) is 36.4 Å². The van der Waals surface area contributed by atoms with Gasteiger partial charge in [-0.1, -0.05) is 17.7 Å². The molecule has 0 saturated carbocycles. The van der Waals surface area contributed by atoms with Crippen molar-refractivity contribution in [3.63, 3.8) is 0 Å². The maximum Gasteiger partial charge on any atom is 0.274 e. The van der Waals surface area contributed by atoms with Crippen molar-refractivity contribution in [1.82, 2.24) is 15.3 Å². The van der Waals surface area contributed by atoms with Crippen LogP contribution in [0.2, 0.25) is 5.15 Å². The van der Waals surface area contributed by atoms with Crippen molar-refractivity contribution in [2.45, 2.75) is 6.54 Å². The molecule has 0 fully saturated rings. The number of hydrogen-bond acceptors (Lipinski definition) is 4. The first-order valence-electron chi connectivity index (χ1n) is 7.67. The van der Waals surface area contributed by atoms with Crippen LogP contribution in [0.5, 0.6) is 0 Å². The van der Waals surface area contributed by atoms with E-state index in [1.807, 2.05) is 0 Å². The average molecular weight is 393 g/mol. The van der Waals surface area contributed by atoms with Crippen LogP contribution in [-0.4, -0.2) is 15.9 Å². The lowest BCUT2D eigenvalue weighted by molar-refractivity contribution is 0.0946. The Morgan fingerprint density at radius 2 is 1.67 bits per heavy atom. The third kappa shape index (κ3) is 4.01. The van der Waals surface area contributed by atoms with Crippen molar-refractivity contribution < 1.29 is 18.0 Å². The SMILES string of the molecule is Nc1nc(-c2ccc(F)cc2)c(Cl)nc1C(=O)NCc1c(F)cccc1F. The largest absolute Gasteiger partial charge is 0.382 e. The van der Waals surface area contributed by atoms with Crippen LogP contribution in [-0.2, 0) is 6.54 Å². The van der Waals surface area contributed by atoms with Gasteiger partial charge in [-0.2, -0.15) is 0 Å². The molecule has 0 aliphatic heterocycles. The number of nitrogens with zero attached hydrogens (tertiary/aromatic N) is 2. The fourth-order valence-corrected chi connectivity index (χ4v) is 2.58. The number of halogens is 4. The number of hydrogen-bond donors (Lipinski definition) is 2. The van der Waals surface area contributed by atoms with E-state index in [-0.39, 0.29) is 27.9 Å². The molecule has 3 aromatic rings. The quantitative estimate of drug-likeness (QED) is 0.709. The monoisotopic (exact) mass is 392 g/mol. The van der Waals surface area contributed by atoms with Gasteiger partial charge in [0, 0.05) is 17.7 Å². The first-order valence-corrected chi connectivity index (χ1v) is 8.04. The summed E-state index contributed by atoms with van der Waals surface area (Å²) < 4.78 is 40.3. The van der Waals surface area contributed by atoms with Crippen molar-refractivity contribution in [2.24, 2.45) is 0 Å². The third-order valence-corrected chi connectivity index (χ3v) is 3.96. The zero-order valence-electron chi connectivity index (χ0n) is 13.6. The average Bonchev–Trinajstić information content (AvgIpc) is 2.63. The van der Waals surface area contributed by atoms with Gasteiger partial charge in [0.2, 0.25) is 0 Å². The molecule has 0 atom stereocenters. The number of benzene rings is 2. The summed E-state index contributed by atoms with van der Waals surface area (Å²) in [6, 6.07) is 8.67. The Kier molecular flexibility index (Phi) is 5.27. The summed E-state index contributed by atoms with van der Waals surface area (Å²) in [5.74, 6) is -3.05. The van der Waals surface area contributed by atoms with E-state index in [0.29, 0.717) is 5.56 Å². The zero-order chi connectivity index (χ0) is 19.6. The molecule has 3 rings (SSSR count). The summed E-state index contributed by atoms with van der Waals surface area (Å²) in [6.45, 7) is -0.407. The lowest BCUT2D eigenvalue weighted by Gasteiger charge is -2.10. The van der Waals surface area contributed by atoms with Crippen LogP contribution in [0.25, 0.3) is 11.3 Å². The standard InChI is InChI=1S/C18H12ClF3N4O/c19-16-14(9-4-6-10(20)7-5-9)26-17(23)15(25-16)18(27)24-8-11-12(21)2-1-3-13(11)22/h1-7H,8H2,(H2,23,26)(H,24,27). The molecule has 1 aromatic heterocycles. The predicted octanol–water partition coefficient (Wildman–Crippen LogP) is 3.73. The van der Waals surface area contributed by atoms with Crippen LogP contribution in [0, 0.1) is 17.5 Å². The van der Waals surface area contributed by atoms with E-state index in [1.54, 1.807) is 0 Å². The summed E-state index contributed by atoms with van der Waals surface area (Å²) >= 11 is 6.06. The van der Waals surface area contributed by atoms with Gasteiger partial charge in [0.05, 0.1) is 0 Å². The highest BCUT2D eigenvalue weighted by Crippen LogP contribution is 2.26. The molecule has 1 heterocycles. The topological polar surface area (TPSA) is 80.9 Å². The van der Waals surface area contributed by atoms with Crippen LogP contribution in [0.4, 0.5) is 19.0 Å². The first-order chi connectivity index (χ1) is 12.9. The highest BCUT2D eigenvalue weighted by Gasteiger charge is 2.19. The van der Waals surface area contributed by atoms with Crippen LogP contribution in [0.15, 0.2) is 42.5 Å². The van der Waals surface area contributed by atoms with Crippen LogP contribution >= 0.6 is 11.6 Å². The van der Waals surface area contributed by atoms with Crippen molar-refractivity contribution in [3.8, 4) is 11.3 Å². The molecule has 0 aliphatic carbocycles. The van der Waals surface area contributed by atoms with Crippen molar-refractivity contribution in [2.75, 3.05) is 5.73 Å². The van der Waals surface area contributed by atoms with Crippen LogP contribution < -0.4 is 11.1 Å². The molecule has 2 aromatic carbocycles. The van der Waals surface area contributed by atoms with Crippen molar-refractivity contribution >= 4 is 23.3 Å². The lowest BCUT2D eigenvalue weighted by Crippen LogP contribution is -2.26. The molecule has 27 heavy (non-hydrogen) atoms. The third-order valence-electron chi connectivity index (χ3n) is 3.70. The van der Waals surface area contributed by atoms with Crippen molar-refractivity contribution in [1.29, 1.82) is 0 Å². The van der Waals surface area contributed by atoms with E-state index in [0.717, 1.165) is 12.1 Å². The predicted molar refractivity (Wildman–Crippen MR) is 94.4 cm³/mol. The number of amides is 1. The van der Waals surface area contributed by atoms with Gasteiger partial charge in [-0.25, -0.2) is 23.1 Å². The second kappa shape index (κ2) is 7.63. The van der Waals surface area contributed by atoms with E-state index < -0.39 is 29.9 Å². The van der Waals surface area contributed by atoms with Gasteiger partial charge in [-0.3, -0.25) is 4.79 Å². The molecule has 0 radical (unpaired) electrons. The number of rotatable bonds is 4. The van der Waals surface area contributed by atoms with Gasteiger partial charge in [0.1, 0.15) is 23.1 Å². The maximum absolute atomic E-state index is 13.6. The van der Waals surface area contributed by atoms with Gasteiger partial charge in [-0.15, -0.1) is 0 Å². The Balaban J connectivity index is 1.83. The molecule has 0 saturated heterocycles. The molecule has 1 amide bonds. The van der Waals surface area contributed by atoms with Crippen LogP contribution in [0.3, 0.4) is 0 Å². The summed E-state index contributed by atoms with van der Waals surface area (Å²) in [5, 5.41) is 2.20. The van der Waals surface area contributed by atoms with Gasteiger partial charge in [0.15, 0.2) is 16.7 Å². The highest BCUT2D eigenvalue weighted by molar-refractivity contribution is 6.32. The number of nitrogens with one attached hydrogen (secondary N) is 1. The van der Waals surface area contributed by atoms with E-state index in [1.165, 1.54) is 30.3 Å². The van der Waals surface area contributed by atoms with Gasteiger partial charge >= 0.3 is 0 Å². The number of nitrogen functional groups attached to an aromatic ring is 1. The Hall–Kier alpha value is -3.13. The minimum Gasteiger partial charge on any atom is -0.382 e. The number of aromatic nitrogens is 2. The number of carbonyl (C=O) groups is 1. The van der Waals surface area contributed by atoms with E-state index in [2.05, 4.69) is 15.3 Å². The molecule has 138 valence electrons. The Morgan fingerprint density at radius 1 is 1.04 bits per heavy atom. The minimum atomic E-state index is -0.796. The second-order valence-electron chi connectivity index (χ2n) is 5.49. The molecule has 3 N–H and O–H groups in total. The smallest absolute Gasteiger partial charge is 0.274 e. The van der Waals surface area contributed by atoms with Crippen molar-refractivity contribution in [3.05, 3.63) is 76.3 Å². The second-order valence-corrected chi connectivity index (χ2v) is 5.84. The molecule has 5 nitrogen and oxygen atoms in total. The molecule has 0 aliphatic rings. The van der Waals surface area contributed by atoms with E-state index in [4.69, 9.17) is 17.3 Å². The molecule has 0 bridgehead atoms. The fourth-order valence-electron chi connectivity index (χ4n) is 2.34. The zero-order valence-corrected chi connectivity index (χ0v) is 14.4. The summed E-state index contributed by atoms with van der Waals surface area (Å²) in [7, 11) is 0. The molecule has 0 unspecified atom stereocenters. The van der Waals surface area contributed by atoms with Gasteiger partial charge in [0.25, 0.3) is 5.91 Å². The fraction of sp³-hybridized carbons (Fsp3) is 0.0556. The molecular formula is C18H12ClF3N4O. The number of carbonyl (C=O) groups excluding carboxylic acids is 1. The molecule has 9 heteroatoms. The first kappa shape index (κ1) is 18.7. The summed E-state index contributed by atoms with van der Waals surface area (Å²) in [4.78, 5) is 20.2. The maximum atomic E-state index is 13.6. The molecular weight excluding hydrogens is 381 g/mol. The number of anilines is 1. The number of nitrogens with two attached hydrogens (primary N) is 1. The van der Waals surface area contributed by atoms with Gasteiger partial charge < -0.3 is 11.1 Å². The Bertz CT molecular complexity index is 992.